The summed E-state index contributed by atoms with van der Waals surface area (Å²) in [6, 6.07) is 13.3. The van der Waals surface area contributed by atoms with Gasteiger partial charge in [0.2, 0.25) is 0 Å². The lowest BCUT2D eigenvalue weighted by molar-refractivity contribution is 0.211. The number of nitrogens with zero attached hydrogens (tertiary/aromatic N) is 1. The number of rotatable bonds is 8. The molecule has 0 saturated heterocycles. The average molecular weight is 315 g/mol. The number of methoxy groups -OCH3 is 1. The van der Waals surface area contributed by atoms with Gasteiger partial charge in [0.25, 0.3) is 0 Å². The Morgan fingerprint density at radius 1 is 1.00 bits per heavy atom. The van der Waals surface area contributed by atoms with Crippen LogP contribution < -0.4 is 14.2 Å². The second kappa shape index (κ2) is 8.68. The highest BCUT2D eigenvalue weighted by molar-refractivity contribution is 5.80. The minimum Gasteiger partial charge on any atom is -0.493 e. The second-order valence-corrected chi connectivity index (χ2v) is 4.85. The molecule has 2 aromatic carbocycles. The minimum atomic E-state index is 0.402. The molecular weight excluding hydrogens is 294 g/mol. The fourth-order valence-corrected chi connectivity index (χ4v) is 2.08. The highest BCUT2D eigenvalue weighted by Crippen LogP contribution is 2.27. The van der Waals surface area contributed by atoms with Crippen LogP contribution in [0, 0.1) is 0 Å². The third kappa shape index (κ3) is 4.92. The van der Waals surface area contributed by atoms with Crippen molar-refractivity contribution in [2.24, 2.45) is 5.16 Å². The third-order valence-corrected chi connectivity index (χ3v) is 3.34. The van der Waals surface area contributed by atoms with Crippen LogP contribution >= 0.6 is 0 Å². The molecule has 23 heavy (non-hydrogen) atoms. The van der Waals surface area contributed by atoms with E-state index >= 15 is 0 Å². The van der Waals surface area contributed by atoms with E-state index < -0.39 is 0 Å². The van der Waals surface area contributed by atoms with Crippen molar-refractivity contribution in [1.82, 2.24) is 0 Å². The molecule has 0 atom stereocenters. The summed E-state index contributed by atoms with van der Waals surface area (Å²) < 4.78 is 16.6. The lowest BCUT2D eigenvalue weighted by atomic mass is 10.2. The quantitative estimate of drug-likeness (QED) is 0.350. The topological polar surface area (TPSA) is 60.3 Å². The number of ether oxygens (including phenoxy) is 3. The Kier molecular flexibility index (Phi) is 6.29. The maximum atomic E-state index is 8.55. The lowest BCUT2D eigenvalue weighted by Crippen LogP contribution is -2.09. The SMILES string of the molecule is CCc1ccc(OCCOc2ccc(C=NO)cc2OC)cc1. The molecule has 1 N–H and O–H groups in total. The van der Waals surface area contributed by atoms with E-state index in [-0.39, 0.29) is 0 Å². The number of hydrogen-bond donors (Lipinski definition) is 1. The van der Waals surface area contributed by atoms with E-state index in [9.17, 15) is 0 Å². The second-order valence-electron chi connectivity index (χ2n) is 4.85. The Labute approximate surface area is 136 Å². The summed E-state index contributed by atoms with van der Waals surface area (Å²) >= 11 is 0. The molecule has 0 fully saturated rings. The first-order chi connectivity index (χ1) is 11.3. The van der Waals surface area contributed by atoms with Crippen LogP contribution in [0.2, 0.25) is 0 Å². The van der Waals surface area contributed by atoms with Crippen molar-refractivity contribution in [3.8, 4) is 17.2 Å². The van der Waals surface area contributed by atoms with Gasteiger partial charge in [-0.1, -0.05) is 24.2 Å². The molecule has 0 amide bonds. The summed E-state index contributed by atoms with van der Waals surface area (Å²) in [7, 11) is 1.56. The molecule has 2 rings (SSSR count). The summed E-state index contributed by atoms with van der Waals surface area (Å²) in [6.45, 7) is 2.96. The predicted molar refractivity (Wildman–Crippen MR) is 89.2 cm³/mol. The summed E-state index contributed by atoms with van der Waals surface area (Å²) in [5.41, 5.74) is 2.01. The van der Waals surface area contributed by atoms with Crippen LogP contribution in [0.5, 0.6) is 17.2 Å². The highest BCUT2D eigenvalue weighted by Gasteiger charge is 2.05. The van der Waals surface area contributed by atoms with Gasteiger partial charge in [0.1, 0.15) is 19.0 Å². The zero-order valence-corrected chi connectivity index (χ0v) is 13.4. The van der Waals surface area contributed by atoms with Gasteiger partial charge in [-0.25, -0.2) is 0 Å². The number of benzene rings is 2. The zero-order chi connectivity index (χ0) is 16.5. The van der Waals surface area contributed by atoms with Gasteiger partial charge in [0, 0.05) is 5.56 Å². The molecule has 122 valence electrons. The molecule has 0 heterocycles. The van der Waals surface area contributed by atoms with Crippen molar-refractivity contribution in [3.05, 3.63) is 53.6 Å². The average Bonchev–Trinajstić information content (AvgIpc) is 2.60. The van der Waals surface area contributed by atoms with Gasteiger partial charge in [0.15, 0.2) is 11.5 Å². The largest absolute Gasteiger partial charge is 0.493 e. The van der Waals surface area contributed by atoms with E-state index in [0.717, 1.165) is 17.7 Å². The van der Waals surface area contributed by atoms with Gasteiger partial charge in [-0.2, -0.15) is 0 Å². The molecule has 0 aliphatic rings. The van der Waals surface area contributed by atoms with Crippen LogP contribution in [-0.4, -0.2) is 31.7 Å². The van der Waals surface area contributed by atoms with Crippen LogP contribution in [0.15, 0.2) is 47.6 Å². The maximum absolute atomic E-state index is 8.55. The van der Waals surface area contributed by atoms with E-state index in [1.165, 1.54) is 11.8 Å². The molecule has 0 aliphatic heterocycles. The van der Waals surface area contributed by atoms with Crippen molar-refractivity contribution >= 4 is 6.21 Å². The van der Waals surface area contributed by atoms with E-state index in [4.69, 9.17) is 19.4 Å². The normalized spacial score (nSPS) is 10.7. The summed E-state index contributed by atoms with van der Waals surface area (Å²) in [5.74, 6) is 2.02. The lowest BCUT2D eigenvalue weighted by Gasteiger charge is -2.12. The monoisotopic (exact) mass is 315 g/mol. The van der Waals surface area contributed by atoms with Gasteiger partial charge >= 0.3 is 0 Å². The van der Waals surface area contributed by atoms with Crippen molar-refractivity contribution < 1.29 is 19.4 Å². The van der Waals surface area contributed by atoms with Crippen LogP contribution in [0.25, 0.3) is 0 Å². The fraction of sp³-hybridized carbons (Fsp3) is 0.278. The van der Waals surface area contributed by atoms with Gasteiger partial charge in [0.05, 0.1) is 13.3 Å². The highest BCUT2D eigenvalue weighted by atomic mass is 16.5. The molecule has 0 saturated carbocycles. The summed E-state index contributed by atoms with van der Waals surface area (Å²) in [5, 5.41) is 11.5. The molecule has 0 bridgehead atoms. The smallest absolute Gasteiger partial charge is 0.161 e. The molecule has 2 aromatic rings. The molecule has 0 unspecified atom stereocenters. The fourth-order valence-electron chi connectivity index (χ4n) is 2.08. The first kappa shape index (κ1) is 16.7. The predicted octanol–water partition coefficient (Wildman–Crippen LogP) is 3.52. The van der Waals surface area contributed by atoms with Crippen LogP contribution in [-0.2, 0) is 6.42 Å². The standard InChI is InChI=1S/C18H21NO4/c1-3-14-4-7-16(8-5-14)22-10-11-23-17-9-6-15(13-19-20)12-18(17)21-2/h4-9,12-13,20H,3,10-11H2,1-2H3. The Hall–Kier alpha value is -2.69. The first-order valence-electron chi connectivity index (χ1n) is 7.46. The Bertz CT molecular complexity index is 638. The van der Waals surface area contributed by atoms with Crippen molar-refractivity contribution in [3.63, 3.8) is 0 Å². The van der Waals surface area contributed by atoms with E-state index in [1.54, 1.807) is 25.3 Å². The van der Waals surface area contributed by atoms with Crippen molar-refractivity contribution in [1.29, 1.82) is 0 Å². The van der Waals surface area contributed by atoms with Gasteiger partial charge < -0.3 is 19.4 Å². The maximum Gasteiger partial charge on any atom is 0.161 e. The molecule has 0 radical (unpaired) electrons. The Morgan fingerprint density at radius 2 is 1.74 bits per heavy atom. The number of aryl methyl sites for hydroxylation is 1. The van der Waals surface area contributed by atoms with Crippen molar-refractivity contribution in [2.45, 2.75) is 13.3 Å². The summed E-state index contributed by atoms with van der Waals surface area (Å²) in [4.78, 5) is 0. The number of oxime groups is 1. The molecule has 5 nitrogen and oxygen atoms in total. The van der Waals surface area contributed by atoms with E-state index in [0.29, 0.717) is 24.7 Å². The number of hydrogen-bond acceptors (Lipinski definition) is 5. The third-order valence-electron chi connectivity index (χ3n) is 3.34. The van der Waals surface area contributed by atoms with Crippen LogP contribution in [0.4, 0.5) is 0 Å². The zero-order valence-electron chi connectivity index (χ0n) is 13.4. The van der Waals surface area contributed by atoms with Crippen molar-refractivity contribution in [2.75, 3.05) is 20.3 Å². The van der Waals surface area contributed by atoms with Crippen LogP contribution in [0.1, 0.15) is 18.1 Å². The van der Waals surface area contributed by atoms with E-state index in [1.807, 2.05) is 12.1 Å². The van der Waals surface area contributed by atoms with E-state index in [2.05, 4.69) is 24.2 Å². The Morgan fingerprint density at radius 3 is 2.39 bits per heavy atom. The van der Waals surface area contributed by atoms with Gasteiger partial charge in [-0.3, -0.25) is 0 Å². The van der Waals surface area contributed by atoms with Gasteiger partial charge in [-0.15, -0.1) is 0 Å². The van der Waals surface area contributed by atoms with Crippen LogP contribution in [0.3, 0.4) is 0 Å². The Balaban J connectivity index is 1.85. The molecule has 5 heteroatoms. The summed E-state index contributed by atoms with van der Waals surface area (Å²) in [6.07, 6.45) is 2.34. The van der Waals surface area contributed by atoms with Gasteiger partial charge in [-0.05, 0) is 42.3 Å². The molecule has 0 aromatic heterocycles. The molecule has 0 aliphatic carbocycles. The molecular formula is C18H21NO4. The molecule has 0 spiro atoms. The first-order valence-corrected chi connectivity index (χ1v) is 7.46. The minimum absolute atomic E-state index is 0.402.